The van der Waals surface area contributed by atoms with Crippen LogP contribution in [0.25, 0.3) is 0 Å². The summed E-state index contributed by atoms with van der Waals surface area (Å²) < 4.78 is 7.64. The van der Waals surface area contributed by atoms with Crippen LogP contribution in [0.1, 0.15) is 32.1 Å². The van der Waals surface area contributed by atoms with Crippen LogP contribution < -0.4 is 5.32 Å². The molecule has 1 amide bonds. The van der Waals surface area contributed by atoms with Gasteiger partial charge in [-0.2, -0.15) is 5.10 Å². The summed E-state index contributed by atoms with van der Waals surface area (Å²) in [6.07, 6.45) is 8.79. The summed E-state index contributed by atoms with van der Waals surface area (Å²) in [6.45, 7) is 3.19. The third-order valence-electron chi connectivity index (χ3n) is 4.87. The summed E-state index contributed by atoms with van der Waals surface area (Å²) in [5, 5.41) is 7.71. The van der Waals surface area contributed by atoms with Crippen LogP contribution in [0.3, 0.4) is 0 Å². The third-order valence-corrected chi connectivity index (χ3v) is 4.87. The van der Waals surface area contributed by atoms with Crippen molar-refractivity contribution in [2.45, 2.75) is 43.7 Å². The lowest BCUT2D eigenvalue weighted by molar-refractivity contribution is -0.144. The minimum absolute atomic E-state index is 0.159. The summed E-state index contributed by atoms with van der Waals surface area (Å²) in [7, 11) is 1.90. The number of hydrogen-bond acceptors (Lipinski definition) is 4. The van der Waals surface area contributed by atoms with E-state index in [2.05, 4.69) is 10.4 Å². The zero-order valence-electron chi connectivity index (χ0n) is 13.3. The van der Waals surface area contributed by atoms with E-state index in [1.165, 1.54) is 6.42 Å². The first-order valence-corrected chi connectivity index (χ1v) is 8.30. The molecule has 1 aromatic rings. The summed E-state index contributed by atoms with van der Waals surface area (Å²) in [5.74, 6) is 0.159. The van der Waals surface area contributed by atoms with Gasteiger partial charge in [0.25, 0.3) is 0 Å². The Kier molecular flexibility index (Phi) is 4.78. The van der Waals surface area contributed by atoms with Crippen molar-refractivity contribution >= 4 is 5.91 Å². The highest BCUT2D eigenvalue weighted by Gasteiger charge is 2.43. The third kappa shape index (κ3) is 3.03. The average Bonchev–Trinajstić information content (AvgIpc) is 3.11. The van der Waals surface area contributed by atoms with E-state index in [1.807, 2.05) is 28.9 Å². The maximum absolute atomic E-state index is 13.2. The number of nitrogens with one attached hydrogen (secondary N) is 1. The summed E-state index contributed by atoms with van der Waals surface area (Å²) in [6, 6.07) is 1.89. The van der Waals surface area contributed by atoms with Gasteiger partial charge in [0, 0.05) is 32.6 Å². The fraction of sp³-hybridized carbons (Fsp3) is 0.750. The predicted molar refractivity (Wildman–Crippen MR) is 83.5 cm³/mol. The molecule has 0 radical (unpaired) electrons. The Bertz CT molecular complexity index is 476. The number of aromatic nitrogens is 2. The van der Waals surface area contributed by atoms with Crippen molar-refractivity contribution in [3.05, 3.63) is 18.5 Å². The SMILES string of the molecule is CN(CC1CCCCO1)C(=O)C1(n2cccn2)CCNCC1. The average molecular weight is 306 g/mol. The van der Waals surface area contributed by atoms with Crippen molar-refractivity contribution in [3.63, 3.8) is 0 Å². The van der Waals surface area contributed by atoms with Crippen molar-refractivity contribution in [1.82, 2.24) is 20.0 Å². The summed E-state index contributed by atoms with van der Waals surface area (Å²) >= 11 is 0. The second-order valence-corrected chi connectivity index (χ2v) is 6.41. The highest BCUT2D eigenvalue weighted by molar-refractivity contribution is 5.84. The van der Waals surface area contributed by atoms with Crippen LogP contribution >= 0.6 is 0 Å². The number of carbonyl (C=O) groups is 1. The van der Waals surface area contributed by atoms with Crippen LogP contribution in [0.5, 0.6) is 0 Å². The molecule has 122 valence electrons. The predicted octanol–water partition coefficient (Wildman–Crippen LogP) is 0.989. The topological polar surface area (TPSA) is 59.4 Å². The molecule has 6 heteroatoms. The number of carbonyl (C=O) groups excluding carboxylic acids is 1. The number of rotatable bonds is 4. The molecule has 2 fully saturated rings. The maximum atomic E-state index is 13.2. The van der Waals surface area contributed by atoms with Crippen LogP contribution in [0.15, 0.2) is 18.5 Å². The molecule has 22 heavy (non-hydrogen) atoms. The van der Waals surface area contributed by atoms with Crippen molar-refractivity contribution in [1.29, 1.82) is 0 Å². The molecule has 1 N–H and O–H groups in total. The highest BCUT2D eigenvalue weighted by Crippen LogP contribution is 2.29. The number of likely N-dealkylation sites (N-methyl/N-ethyl adjacent to an activating group) is 1. The minimum Gasteiger partial charge on any atom is -0.376 e. The van der Waals surface area contributed by atoms with Gasteiger partial charge < -0.3 is 15.0 Å². The first-order chi connectivity index (χ1) is 10.7. The van der Waals surface area contributed by atoms with Gasteiger partial charge in [0.2, 0.25) is 5.91 Å². The molecule has 3 heterocycles. The van der Waals surface area contributed by atoms with Gasteiger partial charge in [0.15, 0.2) is 0 Å². The molecular formula is C16H26N4O2. The lowest BCUT2D eigenvalue weighted by atomic mass is 9.86. The standard InChI is InChI=1S/C16H26N4O2/c1-19(13-14-5-2-3-12-22-14)15(21)16(6-9-17-10-7-16)20-11-4-8-18-20/h4,8,11,14,17H,2-3,5-7,9-10,12-13H2,1H3. The van der Waals surface area contributed by atoms with Gasteiger partial charge in [-0.25, -0.2) is 0 Å². The molecule has 0 aromatic carbocycles. The normalized spacial score (nSPS) is 24.9. The number of hydrogen-bond donors (Lipinski definition) is 1. The molecule has 0 bridgehead atoms. The van der Waals surface area contributed by atoms with Crippen LogP contribution in [0, 0.1) is 0 Å². The Balaban J connectivity index is 1.74. The van der Waals surface area contributed by atoms with E-state index in [0.29, 0.717) is 6.54 Å². The Morgan fingerprint density at radius 3 is 2.91 bits per heavy atom. The largest absolute Gasteiger partial charge is 0.376 e. The zero-order valence-corrected chi connectivity index (χ0v) is 13.3. The van der Waals surface area contributed by atoms with Crippen molar-refractivity contribution < 1.29 is 9.53 Å². The fourth-order valence-corrected chi connectivity index (χ4v) is 3.60. The molecule has 6 nitrogen and oxygen atoms in total. The van der Waals surface area contributed by atoms with Gasteiger partial charge in [-0.3, -0.25) is 9.48 Å². The van der Waals surface area contributed by atoms with Crippen molar-refractivity contribution in [2.24, 2.45) is 0 Å². The van der Waals surface area contributed by atoms with Crippen molar-refractivity contribution in [2.75, 3.05) is 33.3 Å². The van der Waals surface area contributed by atoms with Gasteiger partial charge in [-0.1, -0.05) is 0 Å². The van der Waals surface area contributed by atoms with Gasteiger partial charge >= 0.3 is 0 Å². The smallest absolute Gasteiger partial charge is 0.250 e. The summed E-state index contributed by atoms with van der Waals surface area (Å²) in [4.78, 5) is 15.0. The Morgan fingerprint density at radius 2 is 2.27 bits per heavy atom. The lowest BCUT2D eigenvalue weighted by Crippen LogP contribution is -2.56. The number of ether oxygens (including phenoxy) is 1. The van der Waals surface area contributed by atoms with E-state index in [4.69, 9.17) is 4.74 Å². The van der Waals surface area contributed by atoms with E-state index in [1.54, 1.807) is 6.20 Å². The van der Waals surface area contributed by atoms with E-state index in [0.717, 1.165) is 45.4 Å². The molecule has 1 atom stereocenters. The molecule has 1 unspecified atom stereocenters. The van der Waals surface area contributed by atoms with Crippen LogP contribution in [0.2, 0.25) is 0 Å². The first kappa shape index (κ1) is 15.5. The second-order valence-electron chi connectivity index (χ2n) is 6.41. The molecular weight excluding hydrogens is 280 g/mol. The molecule has 0 spiro atoms. The Morgan fingerprint density at radius 1 is 1.45 bits per heavy atom. The molecule has 2 aliphatic rings. The number of amides is 1. The van der Waals surface area contributed by atoms with Crippen LogP contribution in [0.4, 0.5) is 0 Å². The van der Waals surface area contributed by atoms with Crippen molar-refractivity contribution in [3.8, 4) is 0 Å². The van der Waals surface area contributed by atoms with Gasteiger partial charge in [-0.15, -0.1) is 0 Å². The van der Waals surface area contributed by atoms with Gasteiger partial charge in [-0.05, 0) is 51.3 Å². The van der Waals surface area contributed by atoms with E-state index in [9.17, 15) is 4.79 Å². The fourth-order valence-electron chi connectivity index (χ4n) is 3.60. The molecule has 2 aliphatic heterocycles. The molecule has 0 aliphatic carbocycles. The quantitative estimate of drug-likeness (QED) is 0.901. The van der Waals surface area contributed by atoms with Gasteiger partial charge in [0.05, 0.1) is 6.10 Å². The van der Waals surface area contributed by atoms with E-state index >= 15 is 0 Å². The molecule has 3 rings (SSSR count). The molecule has 2 saturated heterocycles. The summed E-state index contributed by atoms with van der Waals surface area (Å²) in [5.41, 5.74) is -0.543. The molecule has 0 saturated carbocycles. The number of piperidine rings is 1. The molecule has 1 aromatic heterocycles. The van der Waals surface area contributed by atoms with Gasteiger partial charge in [0.1, 0.15) is 5.54 Å². The second kappa shape index (κ2) is 6.79. The highest BCUT2D eigenvalue weighted by atomic mass is 16.5. The first-order valence-electron chi connectivity index (χ1n) is 8.30. The minimum atomic E-state index is -0.543. The maximum Gasteiger partial charge on any atom is 0.250 e. The van der Waals surface area contributed by atoms with Crippen LogP contribution in [-0.4, -0.2) is 60.0 Å². The number of nitrogens with zero attached hydrogens (tertiary/aromatic N) is 3. The Labute approximate surface area is 131 Å². The lowest BCUT2D eigenvalue weighted by Gasteiger charge is -2.40. The Hall–Kier alpha value is -1.40. The van der Waals surface area contributed by atoms with Crippen LogP contribution in [-0.2, 0) is 15.1 Å². The zero-order chi connectivity index (χ0) is 15.4. The van der Waals surface area contributed by atoms with E-state index < -0.39 is 5.54 Å². The monoisotopic (exact) mass is 306 g/mol. The van der Waals surface area contributed by atoms with E-state index in [-0.39, 0.29) is 12.0 Å².